The van der Waals surface area contributed by atoms with Gasteiger partial charge in [-0.15, -0.1) is 0 Å². The second kappa shape index (κ2) is 9.27. The number of anilines is 2. The van der Waals surface area contributed by atoms with Gasteiger partial charge in [0, 0.05) is 44.4 Å². The molecule has 2 aromatic rings. The zero-order chi connectivity index (χ0) is 23.8. The first-order chi connectivity index (χ1) is 15.6. The summed E-state index contributed by atoms with van der Waals surface area (Å²) in [6.07, 6.45) is 2.36. The molecule has 0 unspecified atom stereocenters. The molecule has 0 radical (unpaired) electrons. The molecule has 2 aromatic carbocycles. The molecule has 176 valence electrons. The third-order valence-electron chi connectivity index (χ3n) is 6.52. The molecule has 0 aromatic heterocycles. The Balaban J connectivity index is 1.35. The monoisotopic (exact) mass is 469 g/mol. The van der Waals surface area contributed by atoms with Crippen LogP contribution in [0.4, 0.5) is 11.4 Å². The van der Waals surface area contributed by atoms with Crippen molar-refractivity contribution in [2.45, 2.75) is 51.3 Å². The molecule has 7 nitrogen and oxygen atoms in total. The Bertz CT molecular complexity index is 1160. The number of piperidine rings is 1. The number of fused-ring (bicyclic) bond motifs is 1. The van der Waals surface area contributed by atoms with Crippen molar-refractivity contribution in [1.29, 1.82) is 0 Å². The predicted octanol–water partition coefficient (Wildman–Crippen LogP) is 3.64. The Morgan fingerprint density at radius 3 is 2.30 bits per heavy atom. The van der Waals surface area contributed by atoms with Crippen LogP contribution in [0.3, 0.4) is 0 Å². The summed E-state index contributed by atoms with van der Waals surface area (Å²) in [5.41, 5.74) is 4.70. The molecule has 33 heavy (non-hydrogen) atoms. The van der Waals surface area contributed by atoms with Gasteiger partial charge in [0.25, 0.3) is 0 Å². The van der Waals surface area contributed by atoms with Crippen LogP contribution in [0.15, 0.2) is 41.3 Å². The van der Waals surface area contributed by atoms with E-state index in [2.05, 4.69) is 11.4 Å². The van der Waals surface area contributed by atoms with Crippen LogP contribution in [0.25, 0.3) is 0 Å². The molecular formula is C25H31N3O4S. The van der Waals surface area contributed by atoms with Crippen LogP contribution in [0.1, 0.15) is 42.9 Å². The minimum Gasteiger partial charge on any atom is -0.326 e. The van der Waals surface area contributed by atoms with Crippen LogP contribution in [-0.4, -0.2) is 44.2 Å². The molecule has 2 amide bonds. The van der Waals surface area contributed by atoms with Crippen LogP contribution >= 0.6 is 0 Å². The van der Waals surface area contributed by atoms with Gasteiger partial charge in [-0.25, -0.2) is 8.42 Å². The maximum absolute atomic E-state index is 13.2. The maximum Gasteiger partial charge on any atom is 0.243 e. The lowest BCUT2D eigenvalue weighted by Gasteiger charge is -2.31. The molecule has 1 N–H and O–H groups in total. The second-order valence-corrected chi connectivity index (χ2v) is 11.1. The molecule has 0 atom stereocenters. The fourth-order valence-electron chi connectivity index (χ4n) is 4.89. The van der Waals surface area contributed by atoms with Gasteiger partial charge in [0.15, 0.2) is 0 Å². The molecule has 2 aliphatic heterocycles. The molecule has 0 spiro atoms. The van der Waals surface area contributed by atoms with Gasteiger partial charge in [-0.2, -0.15) is 4.31 Å². The number of hydrogen-bond donors (Lipinski definition) is 1. The Kier molecular flexibility index (Phi) is 6.59. The molecule has 0 aliphatic carbocycles. The normalized spacial score (nSPS) is 17.1. The fourth-order valence-corrected chi connectivity index (χ4v) is 6.41. The quantitative estimate of drug-likeness (QED) is 0.724. The number of nitrogens with zero attached hydrogens (tertiary/aromatic N) is 2. The van der Waals surface area contributed by atoms with Crippen molar-refractivity contribution in [3.63, 3.8) is 0 Å². The lowest BCUT2D eigenvalue weighted by Crippen LogP contribution is -2.39. The number of nitrogens with one attached hydrogen (secondary N) is 1. The van der Waals surface area contributed by atoms with Crippen molar-refractivity contribution in [1.82, 2.24) is 4.31 Å². The van der Waals surface area contributed by atoms with Crippen molar-refractivity contribution < 1.29 is 18.0 Å². The Morgan fingerprint density at radius 1 is 1.00 bits per heavy atom. The van der Waals surface area contributed by atoms with Crippen molar-refractivity contribution in [3.05, 3.63) is 53.1 Å². The largest absolute Gasteiger partial charge is 0.326 e. The molecule has 0 bridgehead atoms. The number of carbonyl (C=O) groups is 2. The summed E-state index contributed by atoms with van der Waals surface area (Å²) in [7, 11) is -3.60. The van der Waals surface area contributed by atoms with E-state index in [9.17, 15) is 18.0 Å². The lowest BCUT2D eigenvalue weighted by molar-refractivity contribution is -0.117. The summed E-state index contributed by atoms with van der Waals surface area (Å²) < 4.78 is 27.9. The number of hydrogen-bond acceptors (Lipinski definition) is 4. The third kappa shape index (κ3) is 5.12. The lowest BCUT2D eigenvalue weighted by atomic mass is 9.94. The number of benzene rings is 2. The molecule has 8 heteroatoms. The minimum absolute atomic E-state index is 0.0324. The number of amides is 2. The van der Waals surface area contributed by atoms with Gasteiger partial charge >= 0.3 is 0 Å². The number of rotatable bonds is 5. The Labute approximate surface area is 195 Å². The number of carbonyl (C=O) groups excluding carboxylic acids is 2. The highest BCUT2D eigenvalue weighted by atomic mass is 32.2. The average molecular weight is 470 g/mol. The maximum atomic E-state index is 13.2. The second-order valence-electron chi connectivity index (χ2n) is 9.19. The van der Waals surface area contributed by atoms with Crippen LogP contribution in [0.5, 0.6) is 0 Å². The van der Waals surface area contributed by atoms with Gasteiger partial charge in [-0.05, 0) is 86.1 Å². The summed E-state index contributed by atoms with van der Waals surface area (Å²) in [5.74, 6) is 0.0921. The summed E-state index contributed by atoms with van der Waals surface area (Å²) >= 11 is 0. The van der Waals surface area contributed by atoms with Crippen molar-refractivity contribution in [3.8, 4) is 0 Å². The molecule has 2 aliphatic rings. The topological polar surface area (TPSA) is 86.8 Å². The smallest absolute Gasteiger partial charge is 0.243 e. The van der Waals surface area contributed by atoms with E-state index in [1.807, 2.05) is 26.0 Å². The molecule has 0 saturated carbocycles. The van der Waals surface area contributed by atoms with Gasteiger partial charge in [0.05, 0.1) is 4.90 Å². The molecule has 2 heterocycles. The van der Waals surface area contributed by atoms with Crippen LogP contribution in [0, 0.1) is 19.8 Å². The van der Waals surface area contributed by atoms with Gasteiger partial charge < -0.3 is 10.2 Å². The average Bonchev–Trinajstić information content (AvgIpc) is 3.17. The van der Waals surface area contributed by atoms with Crippen LogP contribution < -0.4 is 10.2 Å². The summed E-state index contributed by atoms with van der Waals surface area (Å²) in [6, 6.07) is 11.0. The SMILES string of the molecule is CC(=O)N1CCc2cc(S(=O)(=O)N3CCC(CC(=O)Nc4cc(C)cc(C)c4)CC3)ccc21. The van der Waals surface area contributed by atoms with Crippen molar-refractivity contribution in [2.75, 3.05) is 29.9 Å². The predicted molar refractivity (Wildman–Crippen MR) is 129 cm³/mol. The van der Waals surface area contributed by atoms with Gasteiger partial charge in [-0.3, -0.25) is 9.59 Å². The van der Waals surface area contributed by atoms with E-state index in [-0.39, 0.29) is 22.6 Å². The van der Waals surface area contributed by atoms with Crippen LogP contribution in [-0.2, 0) is 26.0 Å². The first-order valence-corrected chi connectivity index (χ1v) is 12.9. The van der Waals surface area contributed by atoms with Gasteiger partial charge in [0.1, 0.15) is 0 Å². The van der Waals surface area contributed by atoms with E-state index in [1.165, 1.54) is 11.2 Å². The number of aryl methyl sites for hydroxylation is 2. The summed E-state index contributed by atoms with van der Waals surface area (Å²) in [4.78, 5) is 26.2. The van der Waals surface area contributed by atoms with Gasteiger partial charge in [0.2, 0.25) is 21.8 Å². The third-order valence-corrected chi connectivity index (χ3v) is 8.41. The van der Waals surface area contributed by atoms with E-state index in [1.54, 1.807) is 23.1 Å². The van der Waals surface area contributed by atoms with Gasteiger partial charge in [-0.1, -0.05) is 6.07 Å². The number of sulfonamides is 1. The first kappa shape index (κ1) is 23.4. The zero-order valence-electron chi connectivity index (χ0n) is 19.4. The van der Waals surface area contributed by atoms with E-state index < -0.39 is 10.0 Å². The summed E-state index contributed by atoms with van der Waals surface area (Å²) in [5, 5.41) is 2.97. The highest BCUT2D eigenvalue weighted by Crippen LogP contribution is 2.32. The molecule has 1 saturated heterocycles. The first-order valence-electron chi connectivity index (χ1n) is 11.4. The highest BCUT2D eigenvalue weighted by molar-refractivity contribution is 7.89. The Hall–Kier alpha value is -2.71. The zero-order valence-corrected chi connectivity index (χ0v) is 20.2. The van der Waals surface area contributed by atoms with Crippen molar-refractivity contribution >= 4 is 33.2 Å². The summed E-state index contributed by atoms with van der Waals surface area (Å²) in [6.45, 7) is 6.91. The molecule has 4 rings (SSSR count). The van der Waals surface area contributed by atoms with Crippen molar-refractivity contribution in [2.24, 2.45) is 5.92 Å². The fraction of sp³-hybridized carbons (Fsp3) is 0.440. The minimum atomic E-state index is -3.60. The van der Waals surface area contributed by atoms with E-state index in [4.69, 9.17) is 0 Å². The standard InChI is InChI=1S/C25H31N3O4S/c1-17-12-18(2)14-22(13-17)26-25(30)15-20-6-9-27(10-7-20)33(31,32)23-4-5-24-21(16-23)8-11-28(24)19(3)29/h4-5,12-14,16,20H,6-11,15H2,1-3H3,(H,26,30). The van der Waals surface area contributed by atoms with E-state index in [0.29, 0.717) is 45.3 Å². The van der Waals surface area contributed by atoms with E-state index in [0.717, 1.165) is 28.1 Å². The molecule has 1 fully saturated rings. The van der Waals surface area contributed by atoms with E-state index >= 15 is 0 Å². The highest BCUT2D eigenvalue weighted by Gasteiger charge is 2.32. The Morgan fingerprint density at radius 2 is 1.67 bits per heavy atom. The molecular weight excluding hydrogens is 438 g/mol. The van der Waals surface area contributed by atoms with Crippen LogP contribution in [0.2, 0.25) is 0 Å².